The van der Waals surface area contributed by atoms with Gasteiger partial charge >= 0.3 is 0 Å². The molecule has 6 nitrogen and oxygen atoms in total. The second-order valence-corrected chi connectivity index (χ2v) is 12.1. The van der Waals surface area contributed by atoms with E-state index in [0.717, 1.165) is 42.4 Å². The lowest BCUT2D eigenvalue weighted by Gasteiger charge is -2.36. The molecular formula is C29H28F2N2O4S. The lowest BCUT2D eigenvalue weighted by Crippen LogP contribution is -2.48. The van der Waals surface area contributed by atoms with Crippen LogP contribution in [0.25, 0.3) is 0 Å². The molecule has 0 spiro atoms. The highest BCUT2D eigenvalue weighted by Crippen LogP contribution is 2.33. The Kier molecular flexibility index (Phi) is 7.05. The summed E-state index contributed by atoms with van der Waals surface area (Å²) in [4.78, 5) is 29.6. The van der Waals surface area contributed by atoms with Crippen LogP contribution in [0, 0.1) is 17.6 Å². The molecule has 0 radical (unpaired) electrons. The first-order chi connectivity index (χ1) is 18.1. The standard InChI is InChI=1S/C29H28F2N2O4S/c1-38(36,37)27-13-10-22(16-25(27)31)29(35)33-14-2-3-23-17-32(18-26(23)33)28(34)21-8-4-19(5-9-21)15-20-6-11-24(30)12-7-20/h4-13,16,23,26H,2-3,14-15,17-18H2,1H3/t23-,26+/m1/s1. The molecule has 2 heterocycles. The first kappa shape index (κ1) is 26.0. The molecular weight excluding hydrogens is 510 g/mol. The summed E-state index contributed by atoms with van der Waals surface area (Å²) in [5.41, 5.74) is 2.64. The van der Waals surface area contributed by atoms with Crippen molar-refractivity contribution in [2.45, 2.75) is 30.2 Å². The van der Waals surface area contributed by atoms with Gasteiger partial charge in [-0.2, -0.15) is 0 Å². The van der Waals surface area contributed by atoms with E-state index in [4.69, 9.17) is 0 Å². The minimum atomic E-state index is -3.74. The van der Waals surface area contributed by atoms with Crippen molar-refractivity contribution in [1.82, 2.24) is 9.80 Å². The number of halogens is 2. The Bertz CT molecular complexity index is 1470. The lowest BCUT2D eigenvalue weighted by molar-refractivity contribution is 0.0564. The van der Waals surface area contributed by atoms with E-state index >= 15 is 0 Å². The van der Waals surface area contributed by atoms with E-state index in [0.29, 0.717) is 31.6 Å². The minimum absolute atomic E-state index is 0.0945. The van der Waals surface area contributed by atoms with Crippen LogP contribution >= 0.6 is 0 Å². The van der Waals surface area contributed by atoms with Crippen LogP contribution in [0.3, 0.4) is 0 Å². The molecule has 2 fully saturated rings. The smallest absolute Gasteiger partial charge is 0.254 e. The Morgan fingerprint density at radius 1 is 0.868 bits per heavy atom. The molecule has 2 amide bonds. The number of carbonyl (C=O) groups is 2. The SMILES string of the molecule is CS(=O)(=O)c1ccc(C(=O)N2CCC[C@@H]3CN(C(=O)c4ccc(Cc5ccc(F)cc5)cc4)C[C@@H]32)cc1F. The number of hydrogen-bond donors (Lipinski definition) is 0. The van der Waals surface area contributed by atoms with Crippen molar-refractivity contribution in [2.75, 3.05) is 25.9 Å². The van der Waals surface area contributed by atoms with Gasteiger partial charge in [0, 0.05) is 37.0 Å². The zero-order chi connectivity index (χ0) is 27.0. The van der Waals surface area contributed by atoms with Gasteiger partial charge in [0.2, 0.25) is 0 Å². The van der Waals surface area contributed by atoms with Gasteiger partial charge in [-0.25, -0.2) is 17.2 Å². The number of piperidine rings is 1. The summed E-state index contributed by atoms with van der Waals surface area (Å²) in [6.45, 7) is 1.41. The van der Waals surface area contributed by atoms with Gasteiger partial charge < -0.3 is 9.80 Å². The highest BCUT2D eigenvalue weighted by atomic mass is 32.2. The second kappa shape index (κ2) is 10.3. The van der Waals surface area contributed by atoms with Crippen molar-refractivity contribution in [2.24, 2.45) is 5.92 Å². The van der Waals surface area contributed by atoms with Crippen LogP contribution in [0.1, 0.15) is 44.7 Å². The van der Waals surface area contributed by atoms with E-state index < -0.39 is 20.5 Å². The van der Waals surface area contributed by atoms with Crippen molar-refractivity contribution in [3.63, 3.8) is 0 Å². The first-order valence-corrected chi connectivity index (χ1v) is 14.4. The number of amides is 2. The minimum Gasteiger partial charge on any atom is -0.336 e. The van der Waals surface area contributed by atoms with Crippen LogP contribution in [0.5, 0.6) is 0 Å². The summed E-state index contributed by atoms with van der Waals surface area (Å²) in [7, 11) is -3.74. The third kappa shape index (κ3) is 5.34. The molecule has 0 aromatic heterocycles. The van der Waals surface area contributed by atoms with Gasteiger partial charge in [0.05, 0.1) is 6.04 Å². The Hall–Kier alpha value is -3.59. The van der Waals surface area contributed by atoms with Crippen LogP contribution in [-0.4, -0.2) is 62.0 Å². The summed E-state index contributed by atoms with van der Waals surface area (Å²) in [6, 6.07) is 17.0. The van der Waals surface area contributed by atoms with Crippen molar-refractivity contribution < 1.29 is 26.8 Å². The molecule has 0 bridgehead atoms. The van der Waals surface area contributed by atoms with Crippen molar-refractivity contribution in [3.05, 3.63) is 101 Å². The number of sulfone groups is 1. The maximum atomic E-state index is 14.4. The fraction of sp³-hybridized carbons (Fsp3) is 0.310. The molecule has 198 valence electrons. The number of fused-ring (bicyclic) bond motifs is 1. The van der Waals surface area contributed by atoms with Gasteiger partial charge in [-0.1, -0.05) is 24.3 Å². The maximum Gasteiger partial charge on any atom is 0.254 e. The number of likely N-dealkylation sites (tertiary alicyclic amines) is 2. The predicted octanol–water partition coefficient (Wildman–Crippen LogP) is 4.34. The fourth-order valence-corrected chi connectivity index (χ4v) is 6.21. The average molecular weight is 539 g/mol. The molecule has 2 aliphatic rings. The fourth-order valence-electron chi connectivity index (χ4n) is 5.48. The van der Waals surface area contributed by atoms with Gasteiger partial charge in [-0.3, -0.25) is 9.59 Å². The highest BCUT2D eigenvalue weighted by Gasteiger charge is 2.43. The normalized spacial score (nSPS) is 19.3. The predicted molar refractivity (Wildman–Crippen MR) is 139 cm³/mol. The van der Waals surface area contributed by atoms with Crippen LogP contribution < -0.4 is 0 Å². The summed E-state index contributed by atoms with van der Waals surface area (Å²) in [5, 5.41) is 0. The number of rotatable bonds is 5. The summed E-state index contributed by atoms with van der Waals surface area (Å²) in [6.07, 6.45) is 3.21. The van der Waals surface area contributed by atoms with E-state index in [2.05, 4.69) is 0 Å². The third-order valence-electron chi connectivity index (χ3n) is 7.43. The van der Waals surface area contributed by atoms with E-state index in [1.807, 2.05) is 12.1 Å². The maximum absolute atomic E-state index is 14.4. The molecule has 2 saturated heterocycles. The monoisotopic (exact) mass is 538 g/mol. The zero-order valence-corrected chi connectivity index (χ0v) is 21.8. The number of nitrogens with zero attached hydrogens (tertiary/aromatic N) is 2. The zero-order valence-electron chi connectivity index (χ0n) is 20.9. The number of benzene rings is 3. The Balaban J connectivity index is 1.27. The third-order valence-corrected chi connectivity index (χ3v) is 8.56. The Morgan fingerprint density at radius 2 is 1.50 bits per heavy atom. The van der Waals surface area contributed by atoms with Gasteiger partial charge in [0.25, 0.3) is 11.8 Å². The quantitative estimate of drug-likeness (QED) is 0.485. The average Bonchev–Trinajstić information content (AvgIpc) is 3.33. The lowest BCUT2D eigenvalue weighted by atomic mass is 9.91. The molecule has 0 aliphatic carbocycles. The summed E-state index contributed by atoms with van der Waals surface area (Å²) in [5.74, 6) is -1.58. The molecule has 38 heavy (non-hydrogen) atoms. The second-order valence-electron chi connectivity index (χ2n) is 10.1. The van der Waals surface area contributed by atoms with Crippen LogP contribution in [-0.2, 0) is 16.3 Å². The van der Waals surface area contributed by atoms with E-state index in [-0.39, 0.29) is 35.2 Å². The number of hydrogen-bond acceptors (Lipinski definition) is 4. The van der Waals surface area contributed by atoms with Crippen LogP contribution in [0.4, 0.5) is 8.78 Å². The number of carbonyl (C=O) groups excluding carboxylic acids is 2. The summed E-state index contributed by atoms with van der Waals surface area (Å²) >= 11 is 0. The largest absolute Gasteiger partial charge is 0.336 e. The molecule has 2 atom stereocenters. The van der Waals surface area contributed by atoms with Gasteiger partial charge in [-0.15, -0.1) is 0 Å². The van der Waals surface area contributed by atoms with Gasteiger partial charge in [0.1, 0.15) is 16.5 Å². The Morgan fingerprint density at radius 3 is 2.13 bits per heavy atom. The van der Waals surface area contributed by atoms with Crippen molar-refractivity contribution >= 4 is 21.7 Å². The molecule has 0 N–H and O–H groups in total. The van der Waals surface area contributed by atoms with E-state index in [9.17, 15) is 26.8 Å². The van der Waals surface area contributed by atoms with Crippen molar-refractivity contribution in [3.8, 4) is 0 Å². The summed E-state index contributed by atoms with van der Waals surface area (Å²) < 4.78 is 51.1. The van der Waals surface area contributed by atoms with E-state index in [1.165, 1.54) is 18.2 Å². The molecule has 3 aromatic carbocycles. The molecule has 2 aliphatic heterocycles. The van der Waals surface area contributed by atoms with E-state index in [1.54, 1.807) is 34.1 Å². The molecule has 0 unspecified atom stereocenters. The van der Waals surface area contributed by atoms with Crippen LogP contribution in [0.2, 0.25) is 0 Å². The molecule has 3 aromatic rings. The van der Waals surface area contributed by atoms with Gasteiger partial charge in [0.15, 0.2) is 9.84 Å². The topological polar surface area (TPSA) is 74.8 Å². The first-order valence-electron chi connectivity index (χ1n) is 12.5. The molecule has 9 heteroatoms. The van der Waals surface area contributed by atoms with Crippen molar-refractivity contribution in [1.29, 1.82) is 0 Å². The van der Waals surface area contributed by atoms with Gasteiger partial charge in [-0.05, 0) is 78.8 Å². The molecule has 0 saturated carbocycles. The van der Waals surface area contributed by atoms with Crippen LogP contribution in [0.15, 0.2) is 71.6 Å². The highest BCUT2D eigenvalue weighted by molar-refractivity contribution is 7.90. The molecule has 5 rings (SSSR count). The Labute approximate surface area is 220 Å².